The maximum atomic E-state index is 10.9. The SMILES string of the molecule is CCOC(=O)Oc1scc(C#N)c1C. The Hall–Kier alpha value is -1.54. The van der Waals surface area contributed by atoms with E-state index in [1.807, 2.05) is 6.07 Å². The lowest BCUT2D eigenvalue weighted by atomic mass is 10.2. The highest BCUT2D eigenvalue weighted by Gasteiger charge is 2.12. The van der Waals surface area contributed by atoms with Crippen molar-refractivity contribution in [1.82, 2.24) is 0 Å². The van der Waals surface area contributed by atoms with Gasteiger partial charge in [0.25, 0.3) is 0 Å². The number of thiophene rings is 1. The summed E-state index contributed by atoms with van der Waals surface area (Å²) in [5.74, 6) is 0. The first-order valence-electron chi connectivity index (χ1n) is 4.01. The molecule has 0 atom stereocenters. The van der Waals surface area contributed by atoms with Crippen molar-refractivity contribution in [2.45, 2.75) is 13.8 Å². The number of hydrogen-bond donors (Lipinski definition) is 0. The van der Waals surface area contributed by atoms with Crippen LogP contribution in [-0.4, -0.2) is 12.8 Å². The standard InChI is InChI=1S/C9H9NO3S/c1-3-12-9(11)13-8-6(2)7(4-10)5-14-8/h5H,3H2,1-2H3. The first-order chi connectivity index (χ1) is 6.69. The largest absolute Gasteiger partial charge is 0.514 e. The van der Waals surface area contributed by atoms with Gasteiger partial charge >= 0.3 is 6.16 Å². The summed E-state index contributed by atoms with van der Waals surface area (Å²) in [6.45, 7) is 3.70. The number of ether oxygens (including phenoxy) is 2. The van der Waals surface area contributed by atoms with Crippen molar-refractivity contribution in [1.29, 1.82) is 5.26 Å². The Balaban J connectivity index is 2.73. The number of rotatable bonds is 2. The molecule has 5 heteroatoms. The minimum Gasteiger partial charge on any atom is -0.434 e. The van der Waals surface area contributed by atoms with E-state index < -0.39 is 6.16 Å². The Labute approximate surface area is 85.7 Å². The molecule has 0 bridgehead atoms. The van der Waals surface area contributed by atoms with Crippen molar-refractivity contribution in [3.05, 3.63) is 16.5 Å². The van der Waals surface area contributed by atoms with E-state index in [0.29, 0.717) is 16.2 Å². The highest BCUT2D eigenvalue weighted by atomic mass is 32.1. The summed E-state index contributed by atoms with van der Waals surface area (Å²) >= 11 is 1.21. The minimum absolute atomic E-state index is 0.272. The van der Waals surface area contributed by atoms with Crippen LogP contribution in [-0.2, 0) is 4.74 Å². The van der Waals surface area contributed by atoms with Crippen LogP contribution in [0.2, 0.25) is 0 Å². The summed E-state index contributed by atoms with van der Waals surface area (Å²) in [5, 5.41) is 10.7. The molecule has 0 aliphatic rings. The molecule has 0 spiro atoms. The van der Waals surface area contributed by atoms with Crippen LogP contribution >= 0.6 is 11.3 Å². The number of carbonyl (C=O) groups excluding carboxylic acids is 1. The molecule has 0 fully saturated rings. The van der Waals surface area contributed by atoms with E-state index in [1.54, 1.807) is 19.2 Å². The molecule has 1 aromatic heterocycles. The van der Waals surface area contributed by atoms with Crippen molar-refractivity contribution in [2.24, 2.45) is 0 Å². The van der Waals surface area contributed by atoms with Gasteiger partial charge in [0.1, 0.15) is 6.07 Å². The van der Waals surface area contributed by atoms with E-state index in [2.05, 4.69) is 4.74 Å². The van der Waals surface area contributed by atoms with Crippen LogP contribution in [0.4, 0.5) is 4.79 Å². The molecule has 14 heavy (non-hydrogen) atoms. The van der Waals surface area contributed by atoms with Crippen LogP contribution in [0.15, 0.2) is 5.38 Å². The van der Waals surface area contributed by atoms with E-state index in [4.69, 9.17) is 10.00 Å². The summed E-state index contributed by atoms with van der Waals surface area (Å²) in [4.78, 5) is 10.9. The zero-order chi connectivity index (χ0) is 10.6. The molecule has 4 nitrogen and oxygen atoms in total. The van der Waals surface area contributed by atoms with Crippen LogP contribution in [0.25, 0.3) is 0 Å². The van der Waals surface area contributed by atoms with Crippen LogP contribution in [0.1, 0.15) is 18.1 Å². The van der Waals surface area contributed by atoms with Gasteiger partial charge in [0.15, 0.2) is 5.06 Å². The van der Waals surface area contributed by atoms with Gasteiger partial charge in [0.2, 0.25) is 0 Å². The fourth-order valence-corrected chi connectivity index (χ4v) is 1.69. The Morgan fingerprint density at radius 2 is 2.43 bits per heavy atom. The molecular weight excluding hydrogens is 202 g/mol. The summed E-state index contributed by atoms with van der Waals surface area (Å²) in [7, 11) is 0. The Kier molecular flexibility index (Phi) is 3.48. The fraction of sp³-hybridized carbons (Fsp3) is 0.333. The third kappa shape index (κ3) is 2.24. The second-order valence-corrected chi connectivity index (χ2v) is 3.30. The van der Waals surface area contributed by atoms with Crippen molar-refractivity contribution < 1.29 is 14.3 Å². The highest BCUT2D eigenvalue weighted by Crippen LogP contribution is 2.29. The van der Waals surface area contributed by atoms with E-state index in [9.17, 15) is 4.79 Å². The van der Waals surface area contributed by atoms with Crippen molar-refractivity contribution in [3.8, 4) is 11.1 Å². The van der Waals surface area contributed by atoms with Gasteiger partial charge in [0, 0.05) is 10.9 Å². The molecule has 0 aliphatic heterocycles. The molecule has 0 saturated carbocycles. The molecule has 1 heterocycles. The third-order valence-corrected chi connectivity index (χ3v) is 2.51. The van der Waals surface area contributed by atoms with Gasteiger partial charge in [-0.15, -0.1) is 11.3 Å². The molecule has 0 N–H and O–H groups in total. The maximum Gasteiger partial charge on any atom is 0.514 e. The zero-order valence-electron chi connectivity index (χ0n) is 7.86. The molecule has 0 radical (unpaired) electrons. The lowest BCUT2D eigenvalue weighted by molar-refractivity contribution is 0.105. The average molecular weight is 211 g/mol. The van der Waals surface area contributed by atoms with Crippen LogP contribution in [0, 0.1) is 18.3 Å². The molecule has 1 aromatic rings. The molecule has 0 aromatic carbocycles. The lowest BCUT2D eigenvalue weighted by Crippen LogP contribution is -2.09. The molecule has 0 saturated heterocycles. The molecule has 0 aliphatic carbocycles. The van der Waals surface area contributed by atoms with E-state index >= 15 is 0 Å². The number of nitrogens with zero attached hydrogens (tertiary/aromatic N) is 1. The molecule has 0 unspecified atom stereocenters. The molecule has 1 rings (SSSR count). The fourth-order valence-electron chi connectivity index (χ4n) is 0.833. The summed E-state index contributed by atoms with van der Waals surface area (Å²) in [6, 6.07) is 2.00. The zero-order valence-corrected chi connectivity index (χ0v) is 8.68. The smallest absolute Gasteiger partial charge is 0.434 e. The lowest BCUT2D eigenvalue weighted by Gasteiger charge is -2.01. The van der Waals surface area contributed by atoms with Gasteiger partial charge in [0.05, 0.1) is 12.2 Å². The Morgan fingerprint density at radius 3 is 2.93 bits per heavy atom. The van der Waals surface area contributed by atoms with Gasteiger partial charge in [-0.3, -0.25) is 0 Å². The normalized spacial score (nSPS) is 9.21. The minimum atomic E-state index is -0.734. The first-order valence-corrected chi connectivity index (χ1v) is 4.89. The third-order valence-electron chi connectivity index (χ3n) is 1.55. The maximum absolute atomic E-state index is 10.9. The predicted octanol–water partition coefficient (Wildman–Crippen LogP) is 2.46. The van der Waals surface area contributed by atoms with Gasteiger partial charge in [-0.1, -0.05) is 0 Å². The average Bonchev–Trinajstić information content (AvgIpc) is 2.48. The van der Waals surface area contributed by atoms with Crippen molar-refractivity contribution in [2.75, 3.05) is 6.61 Å². The summed E-state index contributed by atoms with van der Waals surface area (Å²) < 4.78 is 9.48. The Morgan fingerprint density at radius 1 is 1.71 bits per heavy atom. The highest BCUT2D eigenvalue weighted by molar-refractivity contribution is 7.12. The molecular formula is C9H9NO3S. The summed E-state index contributed by atoms with van der Waals surface area (Å²) in [5.41, 5.74) is 1.19. The predicted molar refractivity (Wildman–Crippen MR) is 51.4 cm³/mol. The second kappa shape index (κ2) is 4.63. The van der Waals surface area contributed by atoms with E-state index in [0.717, 1.165) is 0 Å². The topological polar surface area (TPSA) is 59.3 Å². The van der Waals surface area contributed by atoms with Crippen LogP contribution < -0.4 is 4.74 Å². The number of hydrogen-bond acceptors (Lipinski definition) is 5. The van der Waals surface area contributed by atoms with E-state index in [1.165, 1.54) is 11.3 Å². The van der Waals surface area contributed by atoms with Crippen molar-refractivity contribution in [3.63, 3.8) is 0 Å². The van der Waals surface area contributed by atoms with Gasteiger partial charge in [-0.05, 0) is 13.8 Å². The van der Waals surface area contributed by atoms with Crippen LogP contribution in [0.5, 0.6) is 5.06 Å². The molecule has 74 valence electrons. The number of carbonyl (C=O) groups is 1. The Bertz CT molecular complexity index is 378. The summed E-state index contributed by atoms with van der Waals surface area (Å²) in [6.07, 6.45) is -0.734. The molecule has 0 amide bonds. The second-order valence-electron chi connectivity index (χ2n) is 2.46. The quantitative estimate of drug-likeness (QED) is 0.705. The van der Waals surface area contributed by atoms with Gasteiger partial charge < -0.3 is 9.47 Å². The van der Waals surface area contributed by atoms with Crippen LogP contribution in [0.3, 0.4) is 0 Å². The van der Waals surface area contributed by atoms with E-state index in [-0.39, 0.29) is 6.61 Å². The first kappa shape index (κ1) is 10.5. The number of nitriles is 1. The van der Waals surface area contributed by atoms with Gasteiger partial charge in [-0.2, -0.15) is 5.26 Å². The van der Waals surface area contributed by atoms with Crippen molar-refractivity contribution >= 4 is 17.5 Å². The van der Waals surface area contributed by atoms with Gasteiger partial charge in [-0.25, -0.2) is 4.79 Å². The monoisotopic (exact) mass is 211 g/mol.